The van der Waals surface area contributed by atoms with E-state index in [1.807, 2.05) is 35.0 Å². The summed E-state index contributed by atoms with van der Waals surface area (Å²) in [5, 5.41) is 8.95. The van der Waals surface area contributed by atoms with Gasteiger partial charge in [0.2, 0.25) is 0 Å². The molecule has 1 atom stereocenters. The number of benzene rings is 2. The molecular formula is C29H34FN9S. The minimum Gasteiger partial charge on any atom is -0.383 e. The number of halogens is 1. The van der Waals surface area contributed by atoms with Crippen LogP contribution in [0.5, 0.6) is 0 Å². The summed E-state index contributed by atoms with van der Waals surface area (Å²) in [6, 6.07) is 13.7. The number of thioether (sulfide) groups is 1. The van der Waals surface area contributed by atoms with Gasteiger partial charge in [-0.05, 0) is 50.9 Å². The summed E-state index contributed by atoms with van der Waals surface area (Å²) in [5.41, 5.74) is 16.2. The number of fused-ring (bicyclic) bond motifs is 2. The number of piperazine rings is 1. The van der Waals surface area contributed by atoms with Crippen LogP contribution in [0.1, 0.15) is 37.3 Å². The van der Waals surface area contributed by atoms with Crippen molar-refractivity contribution < 1.29 is 4.39 Å². The molecule has 208 valence electrons. The SMILES string of the molecule is CN1CCN(C2CCC(n3nc(-c4ccc(C5(N)Nc6ccccc6S5)c(F)c4)c4c(N)ncnc43)CC2)CC1. The van der Waals surface area contributed by atoms with Crippen molar-refractivity contribution in [2.24, 2.45) is 5.73 Å². The van der Waals surface area contributed by atoms with Gasteiger partial charge in [0.15, 0.2) is 10.6 Å². The number of nitrogens with zero attached hydrogens (tertiary/aromatic N) is 6. The molecule has 0 spiro atoms. The zero-order valence-electron chi connectivity index (χ0n) is 22.6. The molecule has 0 radical (unpaired) electrons. The van der Waals surface area contributed by atoms with Crippen LogP contribution in [0.2, 0.25) is 0 Å². The standard InChI is InChI=1S/C29H34FN9S/c1-37-12-14-38(15-13-37)19-7-9-20(10-8-19)39-28-25(27(31)33-17-34-28)26(36-39)18-6-11-21(22(30)16-18)29(32)35-23-4-2-3-5-24(23)40-29/h2-6,11,16-17,19-20,35H,7-10,12-15,32H2,1H3,(H2,31,33,34). The first-order valence-corrected chi connectivity index (χ1v) is 14.8. The molecule has 0 bridgehead atoms. The van der Waals surface area contributed by atoms with Gasteiger partial charge in [0, 0.05) is 48.2 Å². The first-order valence-electron chi connectivity index (χ1n) is 14.0. The van der Waals surface area contributed by atoms with Crippen molar-refractivity contribution in [2.45, 2.75) is 47.7 Å². The van der Waals surface area contributed by atoms with Gasteiger partial charge in [-0.2, -0.15) is 5.10 Å². The molecule has 40 heavy (non-hydrogen) atoms. The van der Waals surface area contributed by atoms with Crippen LogP contribution in [0.4, 0.5) is 15.9 Å². The number of para-hydroxylation sites is 1. The van der Waals surface area contributed by atoms with Gasteiger partial charge < -0.3 is 16.0 Å². The second-order valence-corrected chi connectivity index (χ2v) is 12.5. The van der Waals surface area contributed by atoms with Crippen LogP contribution in [0.15, 0.2) is 53.7 Å². The third-order valence-electron chi connectivity index (χ3n) is 8.71. The molecule has 1 aliphatic carbocycles. The van der Waals surface area contributed by atoms with E-state index in [-0.39, 0.29) is 6.04 Å². The van der Waals surface area contributed by atoms with E-state index in [9.17, 15) is 0 Å². The normalized spacial score (nSPS) is 25.7. The molecule has 2 aliphatic heterocycles. The summed E-state index contributed by atoms with van der Waals surface area (Å²) in [7, 11) is 2.19. The highest BCUT2D eigenvalue weighted by Crippen LogP contribution is 2.48. The molecule has 2 aromatic heterocycles. The number of hydrogen-bond acceptors (Lipinski definition) is 9. The smallest absolute Gasteiger partial charge is 0.168 e. The lowest BCUT2D eigenvalue weighted by atomic mass is 9.90. The molecular weight excluding hydrogens is 525 g/mol. The van der Waals surface area contributed by atoms with Crippen molar-refractivity contribution in [1.29, 1.82) is 0 Å². The largest absolute Gasteiger partial charge is 0.383 e. The average molecular weight is 560 g/mol. The molecule has 5 N–H and O–H groups in total. The topological polar surface area (TPSA) is 114 Å². The fraction of sp³-hybridized carbons (Fsp3) is 0.414. The summed E-state index contributed by atoms with van der Waals surface area (Å²) in [6.07, 6.45) is 5.77. The van der Waals surface area contributed by atoms with Gasteiger partial charge in [-0.15, -0.1) is 0 Å². The average Bonchev–Trinajstić information content (AvgIpc) is 3.52. The van der Waals surface area contributed by atoms with Crippen LogP contribution >= 0.6 is 11.8 Å². The minimum absolute atomic E-state index is 0.211. The fourth-order valence-electron chi connectivity index (χ4n) is 6.45. The summed E-state index contributed by atoms with van der Waals surface area (Å²) in [4.78, 5) is 13.8. The summed E-state index contributed by atoms with van der Waals surface area (Å²) in [5.74, 6) is -0.0563. The predicted octanol–water partition coefficient (Wildman–Crippen LogP) is 4.23. The molecule has 2 fully saturated rings. The monoisotopic (exact) mass is 559 g/mol. The van der Waals surface area contributed by atoms with Gasteiger partial charge in [-0.1, -0.05) is 36.0 Å². The van der Waals surface area contributed by atoms with Gasteiger partial charge in [0.05, 0.1) is 17.1 Å². The highest BCUT2D eigenvalue weighted by molar-refractivity contribution is 8.00. The maximum absolute atomic E-state index is 15.7. The summed E-state index contributed by atoms with van der Waals surface area (Å²) in [6.45, 7) is 4.53. The Bertz CT molecular complexity index is 1530. The van der Waals surface area contributed by atoms with E-state index in [2.05, 4.69) is 32.1 Å². The van der Waals surface area contributed by atoms with Crippen LogP contribution in [-0.4, -0.2) is 68.8 Å². The Morgan fingerprint density at radius 3 is 2.50 bits per heavy atom. The lowest BCUT2D eigenvalue weighted by Gasteiger charge is -2.41. The van der Waals surface area contributed by atoms with Crippen LogP contribution in [-0.2, 0) is 4.99 Å². The maximum atomic E-state index is 15.7. The van der Waals surface area contributed by atoms with E-state index in [0.717, 1.165) is 62.4 Å². The quantitative estimate of drug-likeness (QED) is 0.338. The van der Waals surface area contributed by atoms with Crippen molar-refractivity contribution in [3.8, 4) is 11.3 Å². The van der Waals surface area contributed by atoms with Crippen molar-refractivity contribution in [3.63, 3.8) is 0 Å². The summed E-state index contributed by atoms with van der Waals surface area (Å²) < 4.78 is 17.7. The van der Waals surface area contributed by atoms with Crippen molar-refractivity contribution >= 4 is 34.3 Å². The highest BCUT2D eigenvalue weighted by Gasteiger charge is 2.38. The number of rotatable bonds is 4. The zero-order chi connectivity index (χ0) is 27.4. The predicted molar refractivity (Wildman–Crippen MR) is 157 cm³/mol. The van der Waals surface area contributed by atoms with Crippen LogP contribution in [0.25, 0.3) is 22.3 Å². The van der Waals surface area contributed by atoms with Crippen molar-refractivity contribution in [1.82, 2.24) is 29.5 Å². The second kappa shape index (κ2) is 9.99. The molecule has 0 amide bonds. The Kier molecular flexibility index (Phi) is 6.42. The molecule has 4 heterocycles. The van der Waals surface area contributed by atoms with Gasteiger partial charge in [-0.3, -0.25) is 10.6 Å². The van der Waals surface area contributed by atoms with E-state index in [0.29, 0.717) is 39.7 Å². The number of nitrogen functional groups attached to an aromatic ring is 1. The Labute approximate surface area is 237 Å². The first kappa shape index (κ1) is 25.7. The molecule has 11 heteroatoms. The van der Waals surface area contributed by atoms with Gasteiger partial charge >= 0.3 is 0 Å². The highest BCUT2D eigenvalue weighted by atomic mass is 32.2. The van der Waals surface area contributed by atoms with Gasteiger partial charge in [0.25, 0.3) is 0 Å². The number of hydrogen-bond donors (Lipinski definition) is 3. The lowest BCUT2D eigenvalue weighted by Crippen LogP contribution is -2.49. The van der Waals surface area contributed by atoms with Crippen LogP contribution in [0.3, 0.4) is 0 Å². The van der Waals surface area contributed by atoms with Crippen molar-refractivity contribution in [3.05, 3.63) is 60.2 Å². The molecule has 2 aromatic carbocycles. The molecule has 1 saturated carbocycles. The third-order valence-corrected chi connectivity index (χ3v) is 9.93. The van der Waals surface area contributed by atoms with Crippen molar-refractivity contribution in [2.75, 3.05) is 44.3 Å². The molecule has 1 unspecified atom stereocenters. The van der Waals surface area contributed by atoms with Crippen LogP contribution in [0, 0.1) is 5.82 Å². The van der Waals surface area contributed by atoms with E-state index in [1.165, 1.54) is 24.2 Å². The van der Waals surface area contributed by atoms with Gasteiger partial charge in [-0.25, -0.2) is 19.0 Å². The number of aromatic nitrogens is 4. The zero-order valence-corrected chi connectivity index (χ0v) is 23.4. The minimum atomic E-state index is -1.10. The number of nitrogens with one attached hydrogen (secondary N) is 1. The Hall–Kier alpha value is -3.25. The molecule has 3 aliphatic rings. The Morgan fingerprint density at radius 1 is 1.00 bits per heavy atom. The number of nitrogens with two attached hydrogens (primary N) is 2. The summed E-state index contributed by atoms with van der Waals surface area (Å²) >= 11 is 1.41. The van der Waals surface area contributed by atoms with E-state index in [4.69, 9.17) is 16.6 Å². The lowest BCUT2D eigenvalue weighted by molar-refractivity contribution is 0.0815. The third kappa shape index (κ3) is 4.41. The first-order chi connectivity index (χ1) is 19.4. The van der Waals surface area contributed by atoms with E-state index < -0.39 is 10.8 Å². The maximum Gasteiger partial charge on any atom is 0.168 e. The van der Waals surface area contributed by atoms with E-state index in [1.54, 1.807) is 6.07 Å². The molecule has 1 saturated heterocycles. The molecule has 7 rings (SSSR count). The fourth-order valence-corrected chi connectivity index (χ4v) is 7.61. The molecule has 9 nitrogen and oxygen atoms in total. The number of anilines is 2. The number of likely N-dealkylation sites (N-methyl/N-ethyl adjacent to an activating group) is 1. The van der Waals surface area contributed by atoms with E-state index >= 15 is 4.39 Å². The Morgan fingerprint density at radius 2 is 1.75 bits per heavy atom. The van der Waals surface area contributed by atoms with Crippen LogP contribution < -0.4 is 16.8 Å². The second-order valence-electron chi connectivity index (χ2n) is 11.2. The Balaban J connectivity index is 1.17. The van der Waals surface area contributed by atoms with Gasteiger partial charge in [0.1, 0.15) is 23.7 Å². The molecule has 4 aromatic rings.